The van der Waals surface area contributed by atoms with Crippen molar-refractivity contribution in [1.82, 2.24) is 0 Å². The molecule has 0 saturated heterocycles. The Balaban J connectivity index is 1.25. The molecule has 0 unspecified atom stereocenters. The molecule has 0 aromatic heterocycles. The Kier molecular flexibility index (Phi) is 16.6. The summed E-state index contributed by atoms with van der Waals surface area (Å²) in [6.45, 7) is 5.70. The number of unbranched alkanes of at least 4 members (excludes halogenated alkanes) is 14. The smallest absolute Gasteiger partial charge is 0.365 e. The maximum Gasteiger partial charge on any atom is 0.365 e. The summed E-state index contributed by atoms with van der Waals surface area (Å²) < 4.78 is 11.7. The van der Waals surface area contributed by atoms with Crippen molar-refractivity contribution in [3.63, 3.8) is 0 Å². The molecule has 0 fully saturated rings. The molecular weight excluding hydrogens is 628 g/mol. The van der Waals surface area contributed by atoms with Crippen LogP contribution in [0.2, 0.25) is 0 Å². The van der Waals surface area contributed by atoms with Crippen LogP contribution in [0.5, 0.6) is 11.5 Å². The number of carbonyl (C=O) groups excluding carboxylic acids is 3. The summed E-state index contributed by atoms with van der Waals surface area (Å²) >= 11 is 0. The molecule has 3 aromatic rings. The summed E-state index contributed by atoms with van der Waals surface area (Å²) in [5.41, 5.74) is 1.28. The lowest BCUT2D eigenvalue weighted by molar-refractivity contribution is -0.111. The molecule has 0 saturated carbocycles. The number of imide groups is 1. The fourth-order valence-electron chi connectivity index (χ4n) is 5.99. The number of hydrogen-bond acceptors (Lipinski definition) is 7. The molecule has 3 aromatic carbocycles. The second-order valence-corrected chi connectivity index (χ2v) is 13.0. The molecule has 4 rings (SSSR count). The van der Waals surface area contributed by atoms with E-state index in [1.807, 2.05) is 0 Å². The summed E-state index contributed by atoms with van der Waals surface area (Å²) in [6.07, 6.45) is 19.6. The van der Waals surface area contributed by atoms with Crippen LogP contribution in [-0.2, 0) is 9.63 Å². The first-order valence-electron chi connectivity index (χ1n) is 18.8. The minimum absolute atomic E-state index is 0.113. The third-order valence-corrected chi connectivity index (χ3v) is 8.95. The van der Waals surface area contributed by atoms with E-state index in [0.29, 0.717) is 41.5 Å². The number of anilines is 1. The molecule has 8 nitrogen and oxygen atoms in total. The van der Waals surface area contributed by atoms with Gasteiger partial charge in [-0.25, -0.2) is 9.69 Å². The van der Waals surface area contributed by atoms with E-state index < -0.39 is 17.8 Å². The van der Waals surface area contributed by atoms with Crippen molar-refractivity contribution < 1.29 is 28.7 Å². The average Bonchev–Trinajstić information content (AvgIpc) is 3.43. The molecule has 268 valence electrons. The van der Waals surface area contributed by atoms with Crippen molar-refractivity contribution in [2.24, 2.45) is 5.16 Å². The highest BCUT2D eigenvalue weighted by atomic mass is 16.7. The normalized spacial score (nSPS) is 13.0. The molecule has 2 amide bonds. The third kappa shape index (κ3) is 11.9. The summed E-state index contributed by atoms with van der Waals surface area (Å²) in [4.78, 5) is 46.2. The number of nitrogens with zero attached hydrogens (tertiary/aromatic N) is 2. The second-order valence-electron chi connectivity index (χ2n) is 13.0. The summed E-state index contributed by atoms with van der Waals surface area (Å²) in [6, 6.07) is 20.3. The van der Waals surface area contributed by atoms with E-state index in [1.165, 1.54) is 77.0 Å². The lowest BCUT2D eigenvalue weighted by Gasteiger charge is -2.15. The van der Waals surface area contributed by atoms with Crippen molar-refractivity contribution in [3.8, 4) is 11.5 Å². The minimum atomic E-state index is -0.718. The third-order valence-electron chi connectivity index (χ3n) is 8.95. The molecule has 1 heterocycles. The molecule has 1 aliphatic rings. The van der Waals surface area contributed by atoms with Crippen molar-refractivity contribution >= 4 is 29.2 Å². The molecule has 0 N–H and O–H groups in total. The van der Waals surface area contributed by atoms with Crippen LogP contribution in [0.15, 0.2) is 78.0 Å². The van der Waals surface area contributed by atoms with Gasteiger partial charge in [-0.2, -0.15) is 0 Å². The monoisotopic (exact) mass is 682 g/mol. The number of fused-ring (bicyclic) bond motifs is 1. The van der Waals surface area contributed by atoms with Crippen LogP contribution in [0.3, 0.4) is 0 Å². The van der Waals surface area contributed by atoms with Gasteiger partial charge in [-0.15, -0.1) is 0 Å². The van der Waals surface area contributed by atoms with E-state index in [9.17, 15) is 14.4 Å². The molecule has 50 heavy (non-hydrogen) atoms. The maximum absolute atomic E-state index is 13.6. The van der Waals surface area contributed by atoms with Crippen LogP contribution >= 0.6 is 0 Å². The Morgan fingerprint density at radius 2 is 1.04 bits per heavy atom. The van der Waals surface area contributed by atoms with Gasteiger partial charge in [0.25, 0.3) is 11.8 Å². The first-order chi connectivity index (χ1) is 24.5. The van der Waals surface area contributed by atoms with E-state index in [4.69, 9.17) is 14.3 Å². The highest BCUT2D eigenvalue weighted by Gasteiger charge is 2.39. The van der Waals surface area contributed by atoms with Gasteiger partial charge in [0.1, 0.15) is 11.5 Å². The summed E-state index contributed by atoms with van der Waals surface area (Å²) in [5.74, 6) is -0.535. The minimum Gasteiger partial charge on any atom is -0.494 e. The molecule has 0 radical (unpaired) electrons. The number of amides is 2. The quantitative estimate of drug-likeness (QED) is 0.0428. The van der Waals surface area contributed by atoms with Crippen LogP contribution in [-0.4, -0.2) is 36.7 Å². The first-order valence-corrected chi connectivity index (χ1v) is 18.8. The van der Waals surface area contributed by atoms with Gasteiger partial charge in [-0.05, 0) is 67.4 Å². The van der Waals surface area contributed by atoms with Crippen LogP contribution in [0, 0.1) is 0 Å². The van der Waals surface area contributed by atoms with Gasteiger partial charge in [0.15, 0.2) is 5.71 Å². The zero-order valence-corrected chi connectivity index (χ0v) is 30.0. The number of benzene rings is 3. The number of oxime groups is 1. The Morgan fingerprint density at radius 3 is 1.56 bits per heavy atom. The SMILES string of the molecule is CCCCCCCCCCOc1ccc(C(=O)ON=C2C(=O)N(C(=O)c3ccc(OCCCCCCCCCC)cc3)c3ccccc32)cc1. The fraction of sp³-hybridized carbons (Fsp3) is 0.476. The van der Waals surface area contributed by atoms with Crippen molar-refractivity contribution in [1.29, 1.82) is 0 Å². The van der Waals surface area contributed by atoms with Gasteiger partial charge in [0, 0.05) is 11.1 Å². The Hall–Kier alpha value is -4.46. The van der Waals surface area contributed by atoms with Crippen LogP contribution in [0.25, 0.3) is 0 Å². The maximum atomic E-state index is 13.6. The number of carbonyl (C=O) groups is 3. The number of hydrogen-bond donors (Lipinski definition) is 0. The van der Waals surface area contributed by atoms with E-state index in [0.717, 1.165) is 30.6 Å². The van der Waals surface area contributed by atoms with E-state index in [-0.39, 0.29) is 11.3 Å². The number of rotatable bonds is 23. The molecule has 0 aliphatic carbocycles. The number of para-hydroxylation sites is 1. The molecule has 8 heteroatoms. The predicted octanol–water partition coefficient (Wildman–Crippen LogP) is 10.5. The van der Waals surface area contributed by atoms with Crippen LogP contribution < -0.4 is 14.4 Å². The zero-order chi connectivity index (χ0) is 35.4. The number of ether oxygens (including phenoxy) is 2. The largest absolute Gasteiger partial charge is 0.494 e. The summed E-state index contributed by atoms with van der Waals surface area (Å²) in [5, 5.41) is 3.93. The van der Waals surface area contributed by atoms with Gasteiger partial charge in [-0.3, -0.25) is 9.59 Å². The summed E-state index contributed by atoms with van der Waals surface area (Å²) in [7, 11) is 0. The van der Waals surface area contributed by atoms with E-state index in [1.54, 1.807) is 72.8 Å². The Bertz CT molecular complexity index is 1520. The van der Waals surface area contributed by atoms with Crippen molar-refractivity contribution in [3.05, 3.63) is 89.5 Å². The molecule has 0 bridgehead atoms. The highest BCUT2D eigenvalue weighted by molar-refractivity contribution is 6.58. The van der Waals surface area contributed by atoms with Crippen molar-refractivity contribution in [2.75, 3.05) is 18.1 Å². The first kappa shape index (κ1) is 38.3. The van der Waals surface area contributed by atoms with Crippen molar-refractivity contribution in [2.45, 2.75) is 117 Å². The van der Waals surface area contributed by atoms with Crippen LogP contribution in [0.1, 0.15) is 143 Å². The topological polar surface area (TPSA) is 94.5 Å². The lowest BCUT2D eigenvalue weighted by atomic mass is 10.1. The molecule has 0 atom stereocenters. The standard InChI is InChI=1S/C42H54N2O6/c1-3-5-7-9-11-13-15-19-31-48-35-27-23-33(24-28-35)40(45)44-38-22-18-17-21-37(38)39(41(44)46)43-50-42(47)34-25-29-36(30-26-34)49-32-20-16-14-12-10-8-6-4-2/h17-18,21-30H,3-16,19-20,31-32H2,1-2H3. The van der Waals surface area contributed by atoms with Gasteiger partial charge in [0.05, 0.1) is 24.5 Å². The molecule has 1 aliphatic heterocycles. The lowest BCUT2D eigenvalue weighted by Crippen LogP contribution is -2.36. The Morgan fingerprint density at radius 1 is 0.580 bits per heavy atom. The van der Waals surface area contributed by atoms with Gasteiger partial charge >= 0.3 is 5.97 Å². The van der Waals surface area contributed by atoms with E-state index in [2.05, 4.69) is 19.0 Å². The average molecular weight is 683 g/mol. The highest BCUT2D eigenvalue weighted by Crippen LogP contribution is 2.31. The van der Waals surface area contributed by atoms with Crippen LogP contribution in [0.4, 0.5) is 5.69 Å². The Labute approximate surface area is 298 Å². The van der Waals surface area contributed by atoms with E-state index >= 15 is 0 Å². The zero-order valence-electron chi connectivity index (χ0n) is 30.0. The second kappa shape index (κ2) is 21.6. The predicted molar refractivity (Wildman–Crippen MR) is 199 cm³/mol. The molecular formula is C42H54N2O6. The van der Waals surface area contributed by atoms with Gasteiger partial charge in [0.2, 0.25) is 0 Å². The van der Waals surface area contributed by atoms with Gasteiger partial charge < -0.3 is 14.3 Å². The van der Waals surface area contributed by atoms with Gasteiger partial charge in [-0.1, -0.05) is 127 Å². The fourth-order valence-corrected chi connectivity index (χ4v) is 5.99. The molecule has 0 spiro atoms.